The van der Waals surface area contributed by atoms with E-state index in [0.717, 1.165) is 21.2 Å². The van der Waals surface area contributed by atoms with Gasteiger partial charge in [0.1, 0.15) is 24.0 Å². The van der Waals surface area contributed by atoms with Gasteiger partial charge in [-0.3, -0.25) is 4.79 Å². The molecule has 6 heteroatoms. The van der Waals surface area contributed by atoms with E-state index < -0.39 is 5.91 Å². The van der Waals surface area contributed by atoms with Gasteiger partial charge < -0.3 is 10.1 Å². The summed E-state index contributed by atoms with van der Waals surface area (Å²) in [6.45, 7) is 4.16. The van der Waals surface area contributed by atoms with Crippen molar-refractivity contribution < 1.29 is 9.53 Å². The van der Waals surface area contributed by atoms with Gasteiger partial charge in [-0.2, -0.15) is 5.26 Å². The number of amides is 1. The van der Waals surface area contributed by atoms with Gasteiger partial charge in [0.25, 0.3) is 5.91 Å². The van der Waals surface area contributed by atoms with Crippen molar-refractivity contribution in [2.75, 3.05) is 5.32 Å². The van der Waals surface area contributed by atoms with Crippen LogP contribution in [0.2, 0.25) is 5.02 Å². The average Bonchev–Trinajstić information content (AvgIpc) is 2.74. The van der Waals surface area contributed by atoms with Crippen LogP contribution in [0.3, 0.4) is 0 Å². The molecule has 3 aromatic rings. The van der Waals surface area contributed by atoms with E-state index in [1.807, 2.05) is 62.4 Å². The molecule has 3 rings (SSSR count). The van der Waals surface area contributed by atoms with Gasteiger partial charge in [-0.1, -0.05) is 63.4 Å². The number of halogens is 2. The zero-order valence-electron chi connectivity index (χ0n) is 17.1. The summed E-state index contributed by atoms with van der Waals surface area (Å²) in [5, 5.41) is 13.0. The molecule has 31 heavy (non-hydrogen) atoms. The lowest BCUT2D eigenvalue weighted by Gasteiger charge is -2.12. The minimum atomic E-state index is -0.480. The van der Waals surface area contributed by atoms with Crippen LogP contribution in [-0.4, -0.2) is 5.91 Å². The Bertz CT molecular complexity index is 1200. The maximum absolute atomic E-state index is 12.7. The van der Waals surface area contributed by atoms with Crippen LogP contribution < -0.4 is 10.1 Å². The largest absolute Gasteiger partial charge is 0.488 e. The van der Waals surface area contributed by atoms with Crippen molar-refractivity contribution in [1.29, 1.82) is 5.26 Å². The van der Waals surface area contributed by atoms with E-state index in [0.29, 0.717) is 22.0 Å². The molecule has 0 saturated carbocycles. The van der Waals surface area contributed by atoms with Crippen molar-refractivity contribution >= 4 is 45.2 Å². The molecule has 0 atom stereocenters. The summed E-state index contributed by atoms with van der Waals surface area (Å²) in [4.78, 5) is 12.7. The molecule has 0 aliphatic rings. The first kappa shape index (κ1) is 22.6. The fourth-order valence-corrected chi connectivity index (χ4v) is 3.55. The minimum absolute atomic E-state index is 0.0272. The second-order valence-electron chi connectivity index (χ2n) is 7.00. The number of anilines is 1. The predicted molar refractivity (Wildman–Crippen MR) is 128 cm³/mol. The Morgan fingerprint density at radius 2 is 1.94 bits per heavy atom. The van der Waals surface area contributed by atoms with Crippen molar-refractivity contribution in [3.05, 3.63) is 98.0 Å². The van der Waals surface area contributed by atoms with Gasteiger partial charge in [0.05, 0.1) is 0 Å². The van der Waals surface area contributed by atoms with Crippen molar-refractivity contribution in [1.82, 2.24) is 0 Å². The highest BCUT2D eigenvalue weighted by Crippen LogP contribution is 2.28. The number of carbonyl (C=O) groups excluding carboxylic acids is 1. The van der Waals surface area contributed by atoms with Gasteiger partial charge in [-0.15, -0.1) is 0 Å². The Morgan fingerprint density at radius 3 is 2.65 bits per heavy atom. The maximum atomic E-state index is 12.7. The molecule has 0 fully saturated rings. The monoisotopic (exact) mass is 494 g/mol. The lowest BCUT2D eigenvalue weighted by molar-refractivity contribution is -0.112. The number of benzene rings is 3. The molecule has 0 unspecified atom stereocenters. The molecule has 0 aliphatic carbocycles. The van der Waals surface area contributed by atoms with Crippen LogP contribution >= 0.6 is 27.5 Å². The van der Waals surface area contributed by atoms with Crippen LogP contribution in [-0.2, 0) is 11.4 Å². The number of aryl methyl sites for hydroxylation is 2. The quantitative estimate of drug-likeness (QED) is 0.301. The second-order valence-corrected chi connectivity index (χ2v) is 8.33. The van der Waals surface area contributed by atoms with E-state index in [4.69, 9.17) is 16.3 Å². The zero-order chi connectivity index (χ0) is 22.4. The molecule has 0 saturated heterocycles. The molecular formula is C25H20BrClN2O2. The Labute approximate surface area is 195 Å². The Kier molecular flexibility index (Phi) is 7.51. The number of nitriles is 1. The third-order valence-electron chi connectivity index (χ3n) is 4.61. The van der Waals surface area contributed by atoms with E-state index in [-0.39, 0.29) is 12.2 Å². The summed E-state index contributed by atoms with van der Waals surface area (Å²) in [5.74, 6) is 0.0571. The third-order valence-corrected chi connectivity index (χ3v) is 5.47. The molecular weight excluding hydrogens is 476 g/mol. The molecule has 156 valence electrons. The minimum Gasteiger partial charge on any atom is -0.488 e. The molecule has 1 amide bonds. The Hall–Kier alpha value is -3.07. The fraction of sp³-hybridized carbons (Fsp3) is 0.120. The highest BCUT2D eigenvalue weighted by molar-refractivity contribution is 9.10. The van der Waals surface area contributed by atoms with Gasteiger partial charge in [0, 0.05) is 26.3 Å². The molecule has 0 aliphatic heterocycles. The van der Waals surface area contributed by atoms with E-state index in [2.05, 4.69) is 21.2 Å². The SMILES string of the molecule is Cc1ccc(NC(=O)/C(C#N)=C/c2cc(Br)ccc2OCc2ccccc2Cl)c(C)c1. The van der Waals surface area contributed by atoms with Gasteiger partial charge in [0.2, 0.25) is 0 Å². The normalized spacial score (nSPS) is 11.0. The predicted octanol–water partition coefficient (Wildman–Crippen LogP) is 6.84. The van der Waals surface area contributed by atoms with Crippen LogP contribution in [0.4, 0.5) is 5.69 Å². The first-order valence-electron chi connectivity index (χ1n) is 9.53. The first-order chi connectivity index (χ1) is 14.9. The van der Waals surface area contributed by atoms with Crippen molar-refractivity contribution in [2.45, 2.75) is 20.5 Å². The molecule has 0 spiro atoms. The summed E-state index contributed by atoms with van der Waals surface area (Å²) in [6, 6.07) is 20.5. The van der Waals surface area contributed by atoms with Crippen LogP contribution in [0.5, 0.6) is 5.75 Å². The summed E-state index contributed by atoms with van der Waals surface area (Å²) in [5.41, 5.74) is 4.11. The number of nitrogens with one attached hydrogen (secondary N) is 1. The standard InChI is InChI=1S/C25H20BrClN2O2/c1-16-7-9-23(17(2)11-16)29-25(30)20(14-28)12-19-13-21(26)8-10-24(19)31-15-18-5-3-4-6-22(18)27/h3-13H,15H2,1-2H3,(H,29,30)/b20-12+. The van der Waals surface area contributed by atoms with Crippen LogP contribution in [0.1, 0.15) is 22.3 Å². The van der Waals surface area contributed by atoms with Gasteiger partial charge >= 0.3 is 0 Å². The molecule has 0 aromatic heterocycles. The summed E-state index contributed by atoms with van der Waals surface area (Å²) in [7, 11) is 0. The second kappa shape index (κ2) is 10.3. The lowest BCUT2D eigenvalue weighted by atomic mass is 10.1. The van der Waals surface area contributed by atoms with Crippen LogP contribution in [0.15, 0.2) is 70.7 Å². The summed E-state index contributed by atoms with van der Waals surface area (Å²) >= 11 is 9.64. The third kappa shape index (κ3) is 5.97. The van der Waals surface area contributed by atoms with Gasteiger partial charge in [-0.05, 0) is 55.8 Å². The number of hydrogen-bond donors (Lipinski definition) is 1. The molecule has 3 aromatic carbocycles. The summed E-state index contributed by atoms with van der Waals surface area (Å²) < 4.78 is 6.75. The maximum Gasteiger partial charge on any atom is 0.266 e. The van der Waals surface area contributed by atoms with E-state index in [1.54, 1.807) is 18.2 Å². The molecule has 0 radical (unpaired) electrons. The fourth-order valence-electron chi connectivity index (χ4n) is 2.98. The first-order valence-corrected chi connectivity index (χ1v) is 10.7. The van der Waals surface area contributed by atoms with Crippen LogP contribution in [0, 0.1) is 25.2 Å². The molecule has 1 N–H and O–H groups in total. The van der Waals surface area contributed by atoms with E-state index in [9.17, 15) is 10.1 Å². The summed E-state index contributed by atoms with van der Waals surface area (Å²) in [6.07, 6.45) is 1.52. The Balaban J connectivity index is 1.85. The highest BCUT2D eigenvalue weighted by Gasteiger charge is 2.13. The number of ether oxygens (including phenoxy) is 1. The number of nitrogens with zero attached hydrogens (tertiary/aromatic N) is 1. The van der Waals surface area contributed by atoms with E-state index >= 15 is 0 Å². The topological polar surface area (TPSA) is 62.1 Å². The van der Waals surface area contributed by atoms with Gasteiger partial charge in [-0.25, -0.2) is 0 Å². The smallest absolute Gasteiger partial charge is 0.266 e. The molecule has 4 nitrogen and oxygen atoms in total. The van der Waals surface area contributed by atoms with Crippen molar-refractivity contribution in [3.63, 3.8) is 0 Å². The number of rotatable bonds is 6. The molecule has 0 heterocycles. The van der Waals surface area contributed by atoms with Crippen molar-refractivity contribution in [2.24, 2.45) is 0 Å². The lowest BCUT2D eigenvalue weighted by Crippen LogP contribution is -2.14. The zero-order valence-corrected chi connectivity index (χ0v) is 19.4. The number of hydrogen-bond acceptors (Lipinski definition) is 3. The van der Waals surface area contributed by atoms with Gasteiger partial charge in [0.15, 0.2) is 0 Å². The highest BCUT2D eigenvalue weighted by atomic mass is 79.9. The Morgan fingerprint density at radius 1 is 1.16 bits per heavy atom. The molecule has 0 bridgehead atoms. The van der Waals surface area contributed by atoms with E-state index in [1.165, 1.54) is 6.08 Å². The van der Waals surface area contributed by atoms with Crippen LogP contribution in [0.25, 0.3) is 6.08 Å². The number of carbonyl (C=O) groups is 1. The van der Waals surface area contributed by atoms with Crippen molar-refractivity contribution in [3.8, 4) is 11.8 Å². The average molecular weight is 496 g/mol.